The number of amides is 2. The third kappa shape index (κ3) is 3.50. The minimum atomic E-state index is -0.596. The number of carbonyl (C=O) groups excluding carboxylic acids is 2. The standard InChI is InChI=1S/C12H17ClN2O3/c1-4-15(5-2)12(17)8(3)14-11(16)9-6-7-10(13)18-9/h6-8H,4-5H2,1-3H3,(H,14,16). The smallest absolute Gasteiger partial charge is 0.287 e. The van der Waals surface area contributed by atoms with Crippen molar-refractivity contribution in [3.05, 3.63) is 23.1 Å². The van der Waals surface area contributed by atoms with Crippen molar-refractivity contribution in [2.24, 2.45) is 0 Å². The lowest BCUT2D eigenvalue weighted by Crippen LogP contribution is -2.46. The number of furan rings is 1. The highest BCUT2D eigenvalue weighted by molar-refractivity contribution is 6.29. The molecule has 0 aliphatic rings. The molecule has 0 aliphatic heterocycles. The molecule has 1 rings (SSSR count). The molecule has 18 heavy (non-hydrogen) atoms. The molecule has 0 spiro atoms. The molecule has 0 saturated heterocycles. The van der Waals surface area contributed by atoms with Crippen molar-refractivity contribution in [3.63, 3.8) is 0 Å². The zero-order valence-corrected chi connectivity index (χ0v) is 11.5. The molecule has 0 radical (unpaired) electrons. The first-order valence-electron chi connectivity index (χ1n) is 5.84. The summed E-state index contributed by atoms with van der Waals surface area (Å²) in [4.78, 5) is 25.3. The summed E-state index contributed by atoms with van der Waals surface area (Å²) in [6.45, 7) is 6.65. The number of halogens is 1. The van der Waals surface area contributed by atoms with E-state index in [-0.39, 0.29) is 16.9 Å². The van der Waals surface area contributed by atoms with Crippen LogP contribution >= 0.6 is 11.6 Å². The van der Waals surface area contributed by atoms with E-state index >= 15 is 0 Å². The second-order valence-electron chi connectivity index (χ2n) is 3.81. The molecular formula is C12H17ClN2O3. The molecule has 1 aromatic rings. The van der Waals surface area contributed by atoms with Crippen LogP contribution in [0.4, 0.5) is 0 Å². The van der Waals surface area contributed by atoms with Crippen LogP contribution < -0.4 is 5.32 Å². The Hall–Kier alpha value is -1.49. The summed E-state index contributed by atoms with van der Waals surface area (Å²) >= 11 is 5.58. The molecule has 6 heteroatoms. The average Bonchev–Trinajstić information content (AvgIpc) is 2.77. The van der Waals surface area contributed by atoms with Gasteiger partial charge in [-0.1, -0.05) is 0 Å². The van der Waals surface area contributed by atoms with Crippen molar-refractivity contribution in [2.45, 2.75) is 26.8 Å². The van der Waals surface area contributed by atoms with Crippen molar-refractivity contribution < 1.29 is 14.0 Å². The number of carbonyl (C=O) groups is 2. The molecule has 0 aliphatic carbocycles. The van der Waals surface area contributed by atoms with E-state index < -0.39 is 11.9 Å². The Labute approximate surface area is 111 Å². The summed E-state index contributed by atoms with van der Waals surface area (Å²) in [5.74, 6) is -0.472. The van der Waals surface area contributed by atoms with Gasteiger partial charge in [-0.3, -0.25) is 9.59 Å². The van der Waals surface area contributed by atoms with E-state index in [1.165, 1.54) is 12.1 Å². The maximum absolute atomic E-state index is 11.9. The molecule has 1 atom stereocenters. The number of hydrogen-bond acceptors (Lipinski definition) is 3. The molecule has 2 amide bonds. The molecule has 5 nitrogen and oxygen atoms in total. The van der Waals surface area contributed by atoms with Gasteiger partial charge >= 0.3 is 0 Å². The maximum atomic E-state index is 11.9. The minimum absolute atomic E-state index is 0.0965. The number of rotatable bonds is 5. The summed E-state index contributed by atoms with van der Waals surface area (Å²) < 4.78 is 4.97. The Morgan fingerprint density at radius 1 is 1.39 bits per heavy atom. The van der Waals surface area contributed by atoms with E-state index in [1.807, 2.05) is 13.8 Å². The molecule has 1 aromatic heterocycles. The van der Waals surface area contributed by atoms with E-state index in [1.54, 1.807) is 11.8 Å². The molecular weight excluding hydrogens is 256 g/mol. The Balaban J connectivity index is 2.62. The van der Waals surface area contributed by atoms with Crippen molar-refractivity contribution in [1.82, 2.24) is 10.2 Å². The molecule has 0 fully saturated rings. The summed E-state index contributed by atoms with van der Waals surface area (Å²) in [6, 6.07) is 2.35. The van der Waals surface area contributed by atoms with Crippen molar-refractivity contribution in [3.8, 4) is 0 Å². The van der Waals surface area contributed by atoms with Crippen LogP contribution in [0.2, 0.25) is 5.22 Å². The molecule has 1 heterocycles. The largest absolute Gasteiger partial charge is 0.440 e. The molecule has 0 aromatic carbocycles. The molecule has 1 N–H and O–H groups in total. The van der Waals surface area contributed by atoms with Gasteiger partial charge in [-0.05, 0) is 44.5 Å². The van der Waals surface area contributed by atoms with E-state index in [0.29, 0.717) is 13.1 Å². The fourth-order valence-electron chi connectivity index (χ4n) is 1.57. The van der Waals surface area contributed by atoms with Crippen LogP contribution in [0.25, 0.3) is 0 Å². The van der Waals surface area contributed by atoms with Gasteiger partial charge in [0.15, 0.2) is 11.0 Å². The zero-order chi connectivity index (χ0) is 13.7. The Morgan fingerprint density at radius 2 is 2.00 bits per heavy atom. The predicted octanol–water partition coefficient (Wildman–Crippen LogP) is 1.92. The summed E-state index contributed by atoms with van der Waals surface area (Å²) in [5, 5.41) is 2.72. The highest BCUT2D eigenvalue weighted by atomic mass is 35.5. The van der Waals surface area contributed by atoms with Gasteiger partial charge in [0.2, 0.25) is 5.91 Å². The van der Waals surface area contributed by atoms with E-state index in [4.69, 9.17) is 16.0 Å². The van der Waals surface area contributed by atoms with Crippen molar-refractivity contribution >= 4 is 23.4 Å². The number of likely N-dealkylation sites (N-methyl/N-ethyl adjacent to an activating group) is 1. The quantitative estimate of drug-likeness (QED) is 0.891. The lowest BCUT2D eigenvalue weighted by Gasteiger charge is -2.23. The first kappa shape index (κ1) is 14.6. The normalized spacial score (nSPS) is 12.0. The number of nitrogens with zero attached hydrogens (tertiary/aromatic N) is 1. The fourth-order valence-corrected chi connectivity index (χ4v) is 1.72. The Morgan fingerprint density at radius 3 is 2.44 bits per heavy atom. The second-order valence-corrected chi connectivity index (χ2v) is 4.18. The monoisotopic (exact) mass is 272 g/mol. The first-order valence-corrected chi connectivity index (χ1v) is 6.22. The van der Waals surface area contributed by atoms with Gasteiger partial charge in [0.25, 0.3) is 5.91 Å². The van der Waals surface area contributed by atoms with Gasteiger partial charge in [0.1, 0.15) is 6.04 Å². The van der Waals surface area contributed by atoms with Crippen LogP contribution in [0.1, 0.15) is 31.3 Å². The van der Waals surface area contributed by atoms with Crippen LogP contribution in [-0.2, 0) is 4.79 Å². The lowest BCUT2D eigenvalue weighted by atomic mass is 10.2. The fraction of sp³-hybridized carbons (Fsp3) is 0.500. The van der Waals surface area contributed by atoms with Crippen LogP contribution in [-0.4, -0.2) is 35.8 Å². The summed E-state index contributed by atoms with van der Waals surface area (Å²) in [5.41, 5.74) is 0. The van der Waals surface area contributed by atoms with Crippen molar-refractivity contribution in [1.29, 1.82) is 0 Å². The van der Waals surface area contributed by atoms with Crippen LogP contribution in [0.3, 0.4) is 0 Å². The molecule has 0 bridgehead atoms. The lowest BCUT2D eigenvalue weighted by molar-refractivity contribution is -0.132. The average molecular weight is 273 g/mol. The van der Waals surface area contributed by atoms with Gasteiger partial charge in [-0.15, -0.1) is 0 Å². The van der Waals surface area contributed by atoms with Crippen LogP contribution in [0, 0.1) is 0 Å². The van der Waals surface area contributed by atoms with E-state index in [2.05, 4.69) is 5.32 Å². The SMILES string of the molecule is CCN(CC)C(=O)C(C)NC(=O)c1ccc(Cl)o1. The van der Waals surface area contributed by atoms with E-state index in [0.717, 1.165) is 0 Å². The highest BCUT2D eigenvalue weighted by Gasteiger charge is 2.21. The van der Waals surface area contributed by atoms with Crippen molar-refractivity contribution in [2.75, 3.05) is 13.1 Å². The Kier molecular flexibility index (Phi) is 5.22. The number of nitrogens with one attached hydrogen (secondary N) is 1. The molecule has 100 valence electrons. The van der Waals surface area contributed by atoms with E-state index in [9.17, 15) is 9.59 Å². The topological polar surface area (TPSA) is 62.6 Å². The van der Waals surface area contributed by atoms with Gasteiger partial charge in [-0.2, -0.15) is 0 Å². The van der Waals surface area contributed by atoms with Gasteiger partial charge < -0.3 is 14.6 Å². The summed E-state index contributed by atoms with van der Waals surface area (Å²) in [7, 11) is 0. The van der Waals surface area contributed by atoms with Gasteiger partial charge in [0, 0.05) is 13.1 Å². The zero-order valence-electron chi connectivity index (χ0n) is 10.7. The highest BCUT2D eigenvalue weighted by Crippen LogP contribution is 2.13. The first-order chi connectivity index (χ1) is 8.49. The maximum Gasteiger partial charge on any atom is 0.287 e. The minimum Gasteiger partial charge on any atom is -0.440 e. The Bertz CT molecular complexity index is 427. The summed E-state index contributed by atoms with van der Waals surface area (Å²) in [6.07, 6.45) is 0. The molecule has 1 unspecified atom stereocenters. The van der Waals surface area contributed by atoms with Crippen LogP contribution in [0.15, 0.2) is 16.5 Å². The predicted molar refractivity (Wildman–Crippen MR) is 68.6 cm³/mol. The van der Waals surface area contributed by atoms with Gasteiger partial charge in [-0.25, -0.2) is 0 Å². The molecule has 0 saturated carbocycles. The van der Waals surface area contributed by atoms with Gasteiger partial charge in [0.05, 0.1) is 0 Å². The third-order valence-electron chi connectivity index (χ3n) is 2.59. The third-order valence-corrected chi connectivity index (χ3v) is 2.79. The second kappa shape index (κ2) is 6.44. The van der Waals surface area contributed by atoms with Crippen LogP contribution in [0.5, 0.6) is 0 Å². The number of hydrogen-bond donors (Lipinski definition) is 1.